The largest absolute Gasteiger partial charge is 0.466 e. The molecule has 1 aliphatic carbocycles. The Labute approximate surface area is 174 Å². The van der Waals surface area contributed by atoms with Gasteiger partial charge in [-0.15, -0.1) is 0 Å². The lowest BCUT2D eigenvalue weighted by molar-refractivity contribution is -0.149. The minimum atomic E-state index is -0.190. The molecular formula is C20H23Cl2N3O3. The topological polar surface area (TPSA) is 73.2 Å². The van der Waals surface area contributed by atoms with E-state index in [1.807, 2.05) is 6.92 Å². The zero-order valence-corrected chi connectivity index (χ0v) is 17.2. The van der Waals surface area contributed by atoms with Crippen molar-refractivity contribution in [2.45, 2.75) is 32.6 Å². The van der Waals surface area contributed by atoms with Crippen LogP contribution in [0.5, 0.6) is 0 Å². The number of rotatable bonds is 6. The SMILES string of the molecule is CCOC(=O)C1CCC(CNC(=O)c2cccn2-c2ncc(Cl)cc2Cl)CC1. The van der Waals surface area contributed by atoms with Crippen LogP contribution in [0.3, 0.4) is 0 Å². The summed E-state index contributed by atoms with van der Waals surface area (Å²) in [5.74, 6) is 0.509. The maximum absolute atomic E-state index is 12.7. The fourth-order valence-electron chi connectivity index (χ4n) is 3.53. The number of pyridine rings is 1. The Bertz CT molecular complexity index is 845. The van der Waals surface area contributed by atoms with Gasteiger partial charge in [0.25, 0.3) is 5.91 Å². The van der Waals surface area contributed by atoms with Gasteiger partial charge in [-0.25, -0.2) is 4.98 Å². The van der Waals surface area contributed by atoms with Crippen molar-refractivity contribution in [2.75, 3.05) is 13.2 Å². The minimum absolute atomic E-state index is 0.0118. The number of amides is 1. The fourth-order valence-corrected chi connectivity index (χ4v) is 4.00. The molecule has 2 aromatic heterocycles. The Balaban J connectivity index is 1.57. The maximum Gasteiger partial charge on any atom is 0.308 e. The molecule has 28 heavy (non-hydrogen) atoms. The van der Waals surface area contributed by atoms with E-state index in [0.717, 1.165) is 25.7 Å². The van der Waals surface area contributed by atoms with Crippen LogP contribution in [-0.4, -0.2) is 34.6 Å². The summed E-state index contributed by atoms with van der Waals surface area (Å²) in [5, 5.41) is 3.80. The Kier molecular flexibility index (Phi) is 6.97. The van der Waals surface area contributed by atoms with Crippen molar-refractivity contribution in [2.24, 2.45) is 11.8 Å². The molecule has 0 radical (unpaired) electrons. The van der Waals surface area contributed by atoms with Crippen LogP contribution in [0.1, 0.15) is 43.1 Å². The van der Waals surface area contributed by atoms with E-state index < -0.39 is 0 Å². The standard InChI is InChI=1S/C20H23Cl2N3O3/c1-2-28-20(27)14-7-5-13(6-8-14)11-24-19(26)17-4-3-9-25(17)18-16(22)10-15(21)12-23-18/h3-4,9-10,12-14H,2,5-8,11H2,1H3,(H,24,26). The smallest absolute Gasteiger partial charge is 0.308 e. The number of ether oxygens (including phenoxy) is 1. The van der Waals surface area contributed by atoms with Crippen LogP contribution < -0.4 is 5.32 Å². The Morgan fingerprint density at radius 3 is 2.71 bits per heavy atom. The van der Waals surface area contributed by atoms with Gasteiger partial charge in [-0.2, -0.15) is 0 Å². The van der Waals surface area contributed by atoms with Crippen molar-refractivity contribution in [3.05, 3.63) is 46.3 Å². The second-order valence-corrected chi connectivity index (χ2v) is 7.75. The molecule has 1 saturated carbocycles. The summed E-state index contributed by atoms with van der Waals surface area (Å²) in [7, 11) is 0. The third kappa shape index (κ3) is 4.86. The van der Waals surface area contributed by atoms with Crippen LogP contribution in [0.4, 0.5) is 0 Å². The molecule has 1 aliphatic rings. The first-order valence-electron chi connectivity index (χ1n) is 9.43. The number of carbonyl (C=O) groups is 2. The number of carbonyl (C=O) groups excluding carboxylic acids is 2. The van der Waals surface area contributed by atoms with Crippen molar-refractivity contribution < 1.29 is 14.3 Å². The van der Waals surface area contributed by atoms with Crippen LogP contribution in [-0.2, 0) is 9.53 Å². The number of aromatic nitrogens is 2. The van der Waals surface area contributed by atoms with Crippen molar-refractivity contribution >= 4 is 35.1 Å². The van der Waals surface area contributed by atoms with E-state index in [1.165, 1.54) is 6.20 Å². The number of halogens is 2. The second kappa shape index (κ2) is 9.43. The summed E-state index contributed by atoms with van der Waals surface area (Å²) < 4.78 is 6.74. The van der Waals surface area contributed by atoms with Crippen LogP contribution in [0.25, 0.3) is 5.82 Å². The highest BCUT2D eigenvalue weighted by Gasteiger charge is 2.27. The summed E-state index contributed by atoms with van der Waals surface area (Å²) in [6.07, 6.45) is 6.64. The van der Waals surface area contributed by atoms with Crippen molar-refractivity contribution in [3.8, 4) is 5.82 Å². The van der Waals surface area contributed by atoms with Crippen molar-refractivity contribution in [1.29, 1.82) is 0 Å². The molecule has 1 fully saturated rings. The molecule has 0 bridgehead atoms. The number of hydrogen-bond acceptors (Lipinski definition) is 4. The molecule has 3 rings (SSSR count). The molecule has 0 spiro atoms. The molecule has 2 aromatic rings. The van der Waals surface area contributed by atoms with E-state index in [4.69, 9.17) is 27.9 Å². The van der Waals surface area contributed by atoms with E-state index in [0.29, 0.717) is 40.6 Å². The van der Waals surface area contributed by atoms with Gasteiger partial charge >= 0.3 is 5.97 Å². The summed E-state index contributed by atoms with van der Waals surface area (Å²) in [6, 6.07) is 5.08. The second-order valence-electron chi connectivity index (χ2n) is 6.90. The quantitative estimate of drug-likeness (QED) is 0.703. The Morgan fingerprint density at radius 2 is 2.04 bits per heavy atom. The van der Waals surface area contributed by atoms with Crippen LogP contribution >= 0.6 is 23.2 Å². The van der Waals surface area contributed by atoms with E-state index in [1.54, 1.807) is 29.0 Å². The van der Waals surface area contributed by atoms with Gasteiger partial charge in [-0.1, -0.05) is 23.2 Å². The monoisotopic (exact) mass is 423 g/mol. The average molecular weight is 424 g/mol. The molecule has 1 N–H and O–H groups in total. The highest BCUT2D eigenvalue weighted by molar-refractivity contribution is 6.35. The maximum atomic E-state index is 12.7. The van der Waals surface area contributed by atoms with Gasteiger partial charge in [-0.3, -0.25) is 14.2 Å². The fraction of sp³-hybridized carbons (Fsp3) is 0.450. The number of hydrogen-bond donors (Lipinski definition) is 1. The predicted molar refractivity (Wildman–Crippen MR) is 108 cm³/mol. The number of esters is 1. The molecule has 0 aromatic carbocycles. The lowest BCUT2D eigenvalue weighted by Gasteiger charge is -2.27. The Morgan fingerprint density at radius 1 is 1.29 bits per heavy atom. The van der Waals surface area contributed by atoms with Crippen LogP contribution in [0, 0.1) is 11.8 Å². The van der Waals surface area contributed by atoms with Gasteiger partial charge < -0.3 is 10.1 Å². The van der Waals surface area contributed by atoms with Gasteiger partial charge in [0.05, 0.1) is 22.6 Å². The summed E-state index contributed by atoms with van der Waals surface area (Å²) in [6.45, 7) is 2.81. The third-order valence-corrected chi connectivity index (χ3v) is 5.50. The number of nitrogens with zero attached hydrogens (tertiary/aromatic N) is 2. The molecular weight excluding hydrogens is 401 g/mol. The highest BCUT2D eigenvalue weighted by Crippen LogP contribution is 2.29. The van der Waals surface area contributed by atoms with Gasteiger partial charge in [0, 0.05) is 18.9 Å². The Hall–Kier alpha value is -2.05. The molecule has 0 aliphatic heterocycles. The summed E-state index contributed by atoms with van der Waals surface area (Å²) in [4.78, 5) is 28.7. The zero-order chi connectivity index (χ0) is 20.1. The zero-order valence-electron chi connectivity index (χ0n) is 15.7. The van der Waals surface area contributed by atoms with Gasteiger partial charge in [0.15, 0.2) is 5.82 Å². The first-order valence-corrected chi connectivity index (χ1v) is 10.2. The van der Waals surface area contributed by atoms with E-state index >= 15 is 0 Å². The van der Waals surface area contributed by atoms with E-state index in [-0.39, 0.29) is 17.8 Å². The normalized spacial score (nSPS) is 19.2. The summed E-state index contributed by atoms with van der Waals surface area (Å²) >= 11 is 12.1. The van der Waals surface area contributed by atoms with Gasteiger partial charge in [-0.05, 0) is 56.7 Å². The highest BCUT2D eigenvalue weighted by atomic mass is 35.5. The van der Waals surface area contributed by atoms with Crippen molar-refractivity contribution in [3.63, 3.8) is 0 Å². The molecule has 0 saturated heterocycles. The molecule has 6 nitrogen and oxygen atoms in total. The molecule has 150 valence electrons. The lowest BCUT2D eigenvalue weighted by atomic mass is 9.82. The van der Waals surface area contributed by atoms with Gasteiger partial charge in [0.2, 0.25) is 0 Å². The number of nitrogens with one attached hydrogen (secondary N) is 1. The van der Waals surface area contributed by atoms with Crippen LogP contribution in [0.2, 0.25) is 10.0 Å². The molecule has 0 unspecified atom stereocenters. The molecule has 2 heterocycles. The lowest BCUT2D eigenvalue weighted by Crippen LogP contribution is -2.33. The van der Waals surface area contributed by atoms with Crippen LogP contribution in [0.15, 0.2) is 30.6 Å². The minimum Gasteiger partial charge on any atom is -0.466 e. The van der Waals surface area contributed by atoms with Gasteiger partial charge in [0.1, 0.15) is 5.69 Å². The average Bonchev–Trinajstić information content (AvgIpc) is 3.16. The summed E-state index contributed by atoms with van der Waals surface area (Å²) in [5.41, 5.74) is 0.455. The molecule has 1 amide bonds. The van der Waals surface area contributed by atoms with Crippen molar-refractivity contribution in [1.82, 2.24) is 14.9 Å². The molecule has 8 heteroatoms. The van der Waals surface area contributed by atoms with E-state index in [9.17, 15) is 9.59 Å². The first kappa shape index (κ1) is 20.7. The van der Waals surface area contributed by atoms with E-state index in [2.05, 4.69) is 10.3 Å². The third-order valence-electron chi connectivity index (χ3n) is 5.02. The predicted octanol–water partition coefficient (Wildman–Crippen LogP) is 4.28. The molecule has 0 atom stereocenters. The first-order chi connectivity index (χ1) is 13.5.